The van der Waals surface area contributed by atoms with Gasteiger partial charge in [-0.2, -0.15) is 5.10 Å². The number of carbonyl (C=O) groups is 1. The van der Waals surface area contributed by atoms with Crippen molar-refractivity contribution in [2.24, 2.45) is 5.41 Å². The lowest BCUT2D eigenvalue weighted by molar-refractivity contribution is 0.249. The van der Waals surface area contributed by atoms with Crippen LogP contribution in [0.4, 0.5) is 10.5 Å². The monoisotopic (exact) mass is 381 g/mol. The molecule has 2 aromatic rings. The zero-order valence-corrected chi connectivity index (χ0v) is 17.0. The van der Waals surface area contributed by atoms with E-state index in [1.165, 1.54) is 30.5 Å². The van der Waals surface area contributed by atoms with Crippen molar-refractivity contribution < 1.29 is 4.79 Å². The number of carbonyl (C=O) groups excluding carboxylic acids is 1. The highest BCUT2D eigenvalue weighted by Gasteiger charge is 2.29. The summed E-state index contributed by atoms with van der Waals surface area (Å²) < 4.78 is 0. The highest BCUT2D eigenvalue weighted by molar-refractivity contribution is 5.90. The molecule has 2 aliphatic rings. The third kappa shape index (κ3) is 4.38. The molecule has 0 saturated carbocycles. The minimum atomic E-state index is -0.151. The maximum Gasteiger partial charge on any atom is 0.319 e. The number of aromatic amines is 1. The molecule has 1 aliphatic heterocycles. The zero-order chi connectivity index (χ0) is 19.6. The summed E-state index contributed by atoms with van der Waals surface area (Å²) >= 11 is 0. The third-order valence-electron chi connectivity index (χ3n) is 5.97. The Bertz CT molecular complexity index is 835. The lowest BCUT2D eigenvalue weighted by Gasteiger charge is -2.29. The summed E-state index contributed by atoms with van der Waals surface area (Å²) in [5.74, 6) is 0. The van der Waals surface area contributed by atoms with E-state index in [1.807, 2.05) is 18.2 Å². The van der Waals surface area contributed by atoms with Gasteiger partial charge in [-0.15, -0.1) is 0 Å². The predicted octanol–water partition coefficient (Wildman–Crippen LogP) is 3.81. The maximum absolute atomic E-state index is 12.2. The van der Waals surface area contributed by atoms with Gasteiger partial charge in [-0.1, -0.05) is 26.0 Å². The first-order valence-corrected chi connectivity index (χ1v) is 10.4. The van der Waals surface area contributed by atoms with Crippen LogP contribution in [-0.4, -0.2) is 47.3 Å². The molecule has 0 spiro atoms. The van der Waals surface area contributed by atoms with Crippen LogP contribution in [-0.2, 0) is 12.8 Å². The number of benzene rings is 1. The van der Waals surface area contributed by atoms with Crippen LogP contribution in [0.3, 0.4) is 0 Å². The predicted molar refractivity (Wildman–Crippen MR) is 113 cm³/mol. The number of anilines is 1. The van der Waals surface area contributed by atoms with E-state index in [0.717, 1.165) is 49.4 Å². The molecule has 0 bridgehead atoms. The van der Waals surface area contributed by atoms with Crippen LogP contribution >= 0.6 is 0 Å². The van der Waals surface area contributed by atoms with Crippen molar-refractivity contribution in [1.29, 1.82) is 0 Å². The van der Waals surface area contributed by atoms with Crippen LogP contribution in [0.15, 0.2) is 24.3 Å². The van der Waals surface area contributed by atoms with Crippen LogP contribution in [0, 0.1) is 5.41 Å². The topological polar surface area (TPSA) is 73.1 Å². The fourth-order valence-corrected chi connectivity index (χ4v) is 4.34. The number of likely N-dealkylation sites (tertiary alicyclic amines) is 1. The number of hydrogen-bond acceptors (Lipinski definition) is 3. The maximum atomic E-state index is 12.2. The van der Waals surface area contributed by atoms with E-state index in [4.69, 9.17) is 0 Å². The molecular formula is C22H31N5O. The normalized spacial score (nSPS) is 18.6. The van der Waals surface area contributed by atoms with Gasteiger partial charge in [0.2, 0.25) is 0 Å². The molecule has 4 rings (SSSR count). The second-order valence-corrected chi connectivity index (χ2v) is 8.88. The first-order chi connectivity index (χ1) is 13.5. The standard InChI is InChI=1S/C22H31N5O/c1-22(2)9-8-18-19(15-22)25-26-20(18)16-6-5-7-17(14-16)24-21(28)23-10-13-27-11-3-4-12-27/h5-7,14H,3-4,8-13,15H2,1-2H3,(H,25,26)(H2,23,24,28). The molecule has 0 unspecified atom stereocenters. The third-order valence-corrected chi connectivity index (χ3v) is 5.97. The van der Waals surface area contributed by atoms with Crippen LogP contribution < -0.4 is 10.6 Å². The van der Waals surface area contributed by atoms with Crippen molar-refractivity contribution in [2.45, 2.75) is 46.0 Å². The largest absolute Gasteiger partial charge is 0.337 e. The van der Waals surface area contributed by atoms with Gasteiger partial charge in [0.1, 0.15) is 0 Å². The number of nitrogens with one attached hydrogen (secondary N) is 3. The Balaban J connectivity index is 1.38. The van der Waals surface area contributed by atoms with Gasteiger partial charge < -0.3 is 15.5 Å². The van der Waals surface area contributed by atoms with Crippen molar-refractivity contribution in [3.63, 3.8) is 0 Å². The molecule has 28 heavy (non-hydrogen) atoms. The van der Waals surface area contributed by atoms with Gasteiger partial charge >= 0.3 is 6.03 Å². The molecule has 1 aromatic heterocycles. The summed E-state index contributed by atoms with van der Waals surface area (Å²) in [6.07, 6.45) is 5.79. The molecule has 2 heterocycles. The molecule has 150 valence electrons. The number of H-pyrrole nitrogens is 1. The van der Waals surface area contributed by atoms with E-state index in [-0.39, 0.29) is 6.03 Å². The molecule has 1 saturated heterocycles. The average Bonchev–Trinajstić information content (AvgIpc) is 3.30. The first kappa shape index (κ1) is 19.0. The summed E-state index contributed by atoms with van der Waals surface area (Å²) in [5.41, 5.74) is 5.77. The van der Waals surface area contributed by atoms with E-state index >= 15 is 0 Å². The second kappa shape index (κ2) is 7.95. The summed E-state index contributed by atoms with van der Waals surface area (Å²) in [6, 6.07) is 7.82. The summed E-state index contributed by atoms with van der Waals surface area (Å²) in [5, 5.41) is 13.7. The molecule has 0 radical (unpaired) electrons. The van der Waals surface area contributed by atoms with Gasteiger partial charge in [-0.05, 0) is 62.7 Å². The van der Waals surface area contributed by atoms with Crippen molar-refractivity contribution in [3.8, 4) is 11.3 Å². The highest BCUT2D eigenvalue weighted by atomic mass is 16.2. The van der Waals surface area contributed by atoms with E-state index < -0.39 is 0 Å². The Morgan fingerprint density at radius 3 is 2.93 bits per heavy atom. The molecule has 3 N–H and O–H groups in total. The van der Waals surface area contributed by atoms with Crippen LogP contribution in [0.1, 0.15) is 44.4 Å². The highest BCUT2D eigenvalue weighted by Crippen LogP contribution is 2.38. The summed E-state index contributed by atoms with van der Waals surface area (Å²) in [7, 11) is 0. The van der Waals surface area contributed by atoms with Crippen molar-refractivity contribution >= 4 is 11.7 Å². The molecule has 1 aliphatic carbocycles. The zero-order valence-electron chi connectivity index (χ0n) is 17.0. The molecule has 1 aromatic carbocycles. The van der Waals surface area contributed by atoms with E-state index in [9.17, 15) is 4.79 Å². The number of nitrogens with zero attached hydrogens (tertiary/aromatic N) is 2. The Morgan fingerprint density at radius 2 is 2.11 bits per heavy atom. The molecule has 6 heteroatoms. The van der Waals surface area contributed by atoms with Gasteiger partial charge in [-0.3, -0.25) is 5.10 Å². The Kier molecular flexibility index (Phi) is 5.40. The number of rotatable bonds is 5. The quantitative estimate of drug-likeness (QED) is 0.737. The molecule has 6 nitrogen and oxygen atoms in total. The Labute approximate surface area is 167 Å². The fraction of sp³-hybridized carbons (Fsp3) is 0.545. The molecule has 2 amide bonds. The number of hydrogen-bond donors (Lipinski definition) is 3. The molecule has 0 atom stereocenters. The van der Waals surface area contributed by atoms with Gasteiger partial charge in [0, 0.05) is 35.6 Å². The van der Waals surface area contributed by atoms with Crippen LogP contribution in [0.2, 0.25) is 0 Å². The van der Waals surface area contributed by atoms with Gasteiger partial charge in [0.05, 0.1) is 5.69 Å². The van der Waals surface area contributed by atoms with E-state index in [0.29, 0.717) is 12.0 Å². The number of aromatic nitrogens is 2. The van der Waals surface area contributed by atoms with Gasteiger partial charge in [0.25, 0.3) is 0 Å². The summed E-state index contributed by atoms with van der Waals surface area (Å²) in [6.45, 7) is 8.51. The van der Waals surface area contributed by atoms with Gasteiger partial charge in [0.15, 0.2) is 0 Å². The minimum absolute atomic E-state index is 0.151. The van der Waals surface area contributed by atoms with Crippen molar-refractivity contribution in [2.75, 3.05) is 31.5 Å². The van der Waals surface area contributed by atoms with Crippen LogP contribution in [0.5, 0.6) is 0 Å². The summed E-state index contributed by atoms with van der Waals surface area (Å²) in [4.78, 5) is 14.6. The lowest BCUT2D eigenvalue weighted by Crippen LogP contribution is -2.35. The number of amides is 2. The Hall–Kier alpha value is -2.34. The van der Waals surface area contributed by atoms with Crippen molar-refractivity contribution in [1.82, 2.24) is 20.4 Å². The first-order valence-electron chi connectivity index (χ1n) is 10.4. The number of fused-ring (bicyclic) bond motifs is 1. The second-order valence-electron chi connectivity index (χ2n) is 8.88. The average molecular weight is 382 g/mol. The van der Waals surface area contributed by atoms with Gasteiger partial charge in [-0.25, -0.2) is 4.79 Å². The number of urea groups is 1. The van der Waals surface area contributed by atoms with Crippen LogP contribution in [0.25, 0.3) is 11.3 Å². The molecular weight excluding hydrogens is 350 g/mol. The van der Waals surface area contributed by atoms with Crippen molar-refractivity contribution in [3.05, 3.63) is 35.5 Å². The van der Waals surface area contributed by atoms with E-state index in [1.54, 1.807) is 0 Å². The Morgan fingerprint density at radius 1 is 1.29 bits per heavy atom. The lowest BCUT2D eigenvalue weighted by atomic mass is 9.76. The fourth-order valence-electron chi connectivity index (χ4n) is 4.34. The SMILES string of the molecule is CC1(C)CCc2c(-c3cccc(NC(=O)NCCN4CCCC4)c3)n[nH]c2C1. The smallest absolute Gasteiger partial charge is 0.319 e. The van der Waals surface area contributed by atoms with E-state index in [2.05, 4.69) is 45.6 Å². The minimum Gasteiger partial charge on any atom is -0.337 e. The molecule has 1 fully saturated rings.